The Morgan fingerprint density at radius 3 is 2.25 bits per heavy atom. The van der Waals surface area contributed by atoms with Crippen LogP contribution in [0.2, 0.25) is 0 Å². The van der Waals surface area contributed by atoms with Gasteiger partial charge in [-0.15, -0.1) is 13.2 Å². The monoisotopic (exact) mass is 362 g/mol. The molecule has 10 heteroatoms. The second-order valence-electron chi connectivity index (χ2n) is 3.46. The summed E-state index contributed by atoms with van der Waals surface area (Å²) in [6, 6.07) is 1.92. The third-order valence-electron chi connectivity index (χ3n) is 2.05. The third-order valence-corrected chi connectivity index (χ3v) is 2.58. The van der Waals surface area contributed by atoms with Crippen molar-refractivity contribution in [1.82, 2.24) is 4.98 Å². The Hall–Kier alpha value is -1.50. The van der Waals surface area contributed by atoms with Crippen molar-refractivity contribution in [3.05, 3.63) is 22.9 Å². The molecule has 0 spiro atoms. The molecule has 20 heavy (non-hydrogen) atoms. The van der Waals surface area contributed by atoms with Crippen molar-refractivity contribution in [2.24, 2.45) is 0 Å². The predicted molar refractivity (Wildman–Crippen MR) is 57.9 cm³/mol. The standard InChI is InChI=1S/C10H5BrF6N2O/c11-4-6-8(9(12,13)14)5(1-2-18)3-7(19-6)20-10(15,16)17/h3H,1,4H2. The first-order chi connectivity index (χ1) is 9.08. The van der Waals surface area contributed by atoms with Crippen molar-refractivity contribution in [3.8, 4) is 11.9 Å². The number of nitrogens with zero attached hydrogens (tertiary/aromatic N) is 2. The first-order valence-electron chi connectivity index (χ1n) is 4.87. The molecule has 0 unspecified atom stereocenters. The zero-order valence-corrected chi connectivity index (χ0v) is 11.0. The molecule has 0 N–H and O–H groups in total. The summed E-state index contributed by atoms with van der Waals surface area (Å²) in [6.07, 6.45) is -10.6. The molecule has 1 aromatic heterocycles. The van der Waals surface area contributed by atoms with Gasteiger partial charge in [0.15, 0.2) is 0 Å². The number of halogens is 7. The highest BCUT2D eigenvalue weighted by Gasteiger charge is 2.38. The van der Waals surface area contributed by atoms with E-state index in [2.05, 4.69) is 25.7 Å². The number of hydrogen-bond acceptors (Lipinski definition) is 3. The van der Waals surface area contributed by atoms with E-state index in [0.717, 1.165) is 0 Å². The lowest BCUT2D eigenvalue weighted by molar-refractivity contribution is -0.276. The molecule has 0 saturated carbocycles. The van der Waals surface area contributed by atoms with E-state index in [0.29, 0.717) is 6.07 Å². The fraction of sp³-hybridized carbons (Fsp3) is 0.400. The fourth-order valence-corrected chi connectivity index (χ4v) is 1.87. The van der Waals surface area contributed by atoms with E-state index in [9.17, 15) is 26.3 Å². The van der Waals surface area contributed by atoms with E-state index < -0.39 is 47.0 Å². The largest absolute Gasteiger partial charge is 0.574 e. The van der Waals surface area contributed by atoms with E-state index >= 15 is 0 Å². The summed E-state index contributed by atoms with van der Waals surface area (Å²) in [5, 5.41) is 8.05. The van der Waals surface area contributed by atoms with E-state index in [1.54, 1.807) is 0 Å². The minimum Gasteiger partial charge on any atom is -0.388 e. The maximum Gasteiger partial charge on any atom is 0.574 e. The van der Waals surface area contributed by atoms with Crippen molar-refractivity contribution in [1.29, 1.82) is 5.26 Å². The quantitative estimate of drug-likeness (QED) is 0.603. The molecule has 0 aromatic carbocycles. The lowest BCUT2D eigenvalue weighted by Gasteiger charge is -2.16. The van der Waals surface area contributed by atoms with Crippen LogP contribution in [0.4, 0.5) is 26.3 Å². The molecular formula is C10H5BrF6N2O. The molecule has 0 aliphatic heterocycles. The Balaban J connectivity index is 3.43. The van der Waals surface area contributed by atoms with Crippen LogP contribution in [-0.4, -0.2) is 11.3 Å². The van der Waals surface area contributed by atoms with Crippen LogP contribution in [0, 0.1) is 11.3 Å². The summed E-state index contributed by atoms with van der Waals surface area (Å²) in [6.45, 7) is 0. The predicted octanol–water partition coefficient (Wildman–Crippen LogP) is 3.96. The molecule has 0 fully saturated rings. The molecule has 0 atom stereocenters. The Kier molecular flexibility index (Phi) is 4.86. The lowest BCUT2D eigenvalue weighted by Crippen LogP contribution is -2.20. The van der Waals surface area contributed by atoms with Crippen LogP contribution in [0.3, 0.4) is 0 Å². The van der Waals surface area contributed by atoms with E-state index in [-0.39, 0.29) is 0 Å². The van der Waals surface area contributed by atoms with Gasteiger partial charge in [0.25, 0.3) is 0 Å². The van der Waals surface area contributed by atoms with Gasteiger partial charge in [0.2, 0.25) is 5.88 Å². The Labute approximate surface area is 117 Å². The van der Waals surface area contributed by atoms with Gasteiger partial charge in [-0.2, -0.15) is 18.4 Å². The van der Waals surface area contributed by atoms with Crippen molar-refractivity contribution < 1.29 is 31.1 Å². The minimum atomic E-state index is -5.08. The van der Waals surface area contributed by atoms with Crippen molar-refractivity contribution >= 4 is 15.9 Å². The molecular weight excluding hydrogens is 358 g/mol. The van der Waals surface area contributed by atoms with Gasteiger partial charge in [-0.3, -0.25) is 0 Å². The van der Waals surface area contributed by atoms with Crippen LogP contribution in [0.25, 0.3) is 0 Å². The van der Waals surface area contributed by atoms with Crippen LogP contribution < -0.4 is 4.74 Å². The van der Waals surface area contributed by atoms with Gasteiger partial charge in [-0.25, -0.2) is 4.98 Å². The van der Waals surface area contributed by atoms with E-state index in [1.807, 2.05) is 0 Å². The molecule has 0 bridgehead atoms. The molecule has 1 heterocycles. The van der Waals surface area contributed by atoms with E-state index in [1.165, 1.54) is 6.07 Å². The average Bonchev–Trinajstić information content (AvgIpc) is 2.24. The van der Waals surface area contributed by atoms with Crippen molar-refractivity contribution in [3.63, 3.8) is 0 Å². The van der Waals surface area contributed by atoms with Crippen LogP contribution in [0.5, 0.6) is 5.88 Å². The topological polar surface area (TPSA) is 45.9 Å². The summed E-state index contributed by atoms with van der Waals surface area (Å²) < 4.78 is 78.3. The molecule has 0 saturated heterocycles. The maximum atomic E-state index is 12.9. The van der Waals surface area contributed by atoms with Crippen LogP contribution >= 0.6 is 15.9 Å². The first-order valence-corrected chi connectivity index (χ1v) is 5.99. The highest BCUT2D eigenvalue weighted by Crippen LogP contribution is 2.37. The van der Waals surface area contributed by atoms with Crippen molar-refractivity contribution in [2.75, 3.05) is 0 Å². The summed E-state index contributed by atoms with van der Waals surface area (Å²) in [5.74, 6) is -1.04. The Morgan fingerprint density at radius 1 is 1.25 bits per heavy atom. The Bertz CT molecular complexity index is 534. The van der Waals surface area contributed by atoms with Gasteiger partial charge in [0.05, 0.1) is 23.7 Å². The fourth-order valence-electron chi connectivity index (χ4n) is 1.47. The number of rotatable bonds is 3. The van der Waals surface area contributed by atoms with Crippen LogP contribution in [0.1, 0.15) is 16.8 Å². The molecule has 110 valence electrons. The summed E-state index contributed by atoms with van der Waals surface area (Å²) in [5.41, 5.74) is -2.53. The van der Waals surface area contributed by atoms with Gasteiger partial charge < -0.3 is 4.74 Å². The summed E-state index contributed by atoms with van der Waals surface area (Å²) in [4.78, 5) is 3.17. The maximum absolute atomic E-state index is 12.9. The normalized spacial score (nSPS) is 12.1. The SMILES string of the molecule is N#CCc1cc(OC(F)(F)F)nc(CBr)c1C(F)(F)F. The zero-order chi connectivity index (χ0) is 15.6. The number of alkyl halides is 7. The van der Waals surface area contributed by atoms with E-state index in [4.69, 9.17) is 5.26 Å². The average molecular weight is 363 g/mol. The number of nitriles is 1. The highest BCUT2D eigenvalue weighted by molar-refractivity contribution is 9.08. The zero-order valence-electron chi connectivity index (χ0n) is 9.44. The van der Waals surface area contributed by atoms with Gasteiger partial charge in [0.1, 0.15) is 0 Å². The van der Waals surface area contributed by atoms with Crippen LogP contribution in [0.15, 0.2) is 6.07 Å². The number of ether oxygens (including phenoxy) is 1. The lowest BCUT2D eigenvalue weighted by atomic mass is 10.0. The smallest absolute Gasteiger partial charge is 0.388 e. The van der Waals surface area contributed by atoms with Gasteiger partial charge in [0, 0.05) is 11.4 Å². The molecule has 0 radical (unpaired) electrons. The summed E-state index contributed by atoms with van der Waals surface area (Å²) >= 11 is 2.72. The molecule has 0 aliphatic rings. The number of hydrogen-bond donors (Lipinski definition) is 0. The first kappa shape index (κ1) is 16.6. The second-order valence-corrected chi connectivity index (χ2v) is 4.02. The molecule has 0 aliphatic carbocycles. The number of aromatic nitrogens is 1. The third kappa shape index (κ3) is 4.26. The van der Waals surface area contributed by atoms with Crippen LogP contribution in [-0.2, 0) is 17.9 Å². The molecule has 0 amide bonds. The van der Waals surface area contributed by atoms with Gasteiger partial charge in [-0.05, 0) is 5.56 Å². The Morgan fingerprint density at radius 2 is 1.85 bits per heavy atom. The summed E-state index contributed by atoms with van der Waals surface area (Å²) in [7, 11) is 0. The number of pyridine rings is 1. The highest BCUT2D eigenvalue weighted by atomic mass is 79.9. The second kappa shape index (κ2) is 5.87. The van der Waals surface area contributed by atoms with Gasteiger partial charge >= 0.3 is 12.5 Å². The van der Waals surface area contributed by atoms with Crippen molar-refractivity contribution in [2.45, 2.75) is 24.3 Å². The molecule has 1 rings (SSSR count). The minimum absolute atomic E-state index is 0.435. The molecule has 1 aromatic rings. The van der Waals surface area contributed by atoms with Gasteiger partial charge in [-0.1, -0.05) is 15.9 Å². The molecule has 3 nitrogen and oxygen atoms in total.